The molecule has 0 amide bonds. The molecule has 0 aromatic heterocycles. The summed E-state index contributed by atoms with van der Waals surface area (Å²) in [5.41, 5.74) is 6.84. The van der Waals surface area contributed by atoms with E-state index in [0.29, 0.717) is 17.0 Å². The maximum atomic E-state index is 12.3. The van der Waals surface area contributed by atoms with Crippen molar-refractivity contribution in [2.45, 2.75) is 10.6 Å². The molecule has 20 heavy (non-hydrogen) atoms. The molecule has 0 fully saturated rings. The average Bonchev–Trinajstić information content (AvgIpc) is 2.39. The van der Waals surface area contributed by atoms with Crippen molar-refractivity contribution in [2.24, 2.45) is 0 Å². The molecule has 0 aliphatic carbocycles. The van der Waals surface area contributed by atoms with Crippen LogP contribution >= 0.6 is 15.9 Å². The summed E-state index contributed by atoms with van der Waals surface area (Å²) in [7, 11) is -1.87. The zero-order valence-corrected chi connectivity index (χ0v) is 13.2. The van der Waals surface area contributed by atoms with Gasteiger partial charge in [0, 0.05) is 4.47 Å². The van der Waals surface area contributed by atoms with E-state index >= 15 is 0 Å². The summed E-state index contributed by atoms with van der Waals surface area (Å²) in [6.07, 6.45) is 0. The largest absolute Gasteiger partial charge is 0.495 e. The number of rotatable bonds is 4. The van der Waals surface area contributed by atoms with Crippen LogP contribution in [-0.4, -0.2) is 15.5 Å². The van der Waals surface area contributed by atoms with Gasteiger partial charge in [-0.15, -0.1) is 0 Å². The molecule has 0 saturated heterocycles. The van der Waals surface area contributed by atoms with Crippen molar-refractivity contribution < 1.29 is 13.2 Å². The highest BCUT2D eigenvalue weighted by Crippen LogP contribution is 2.25. The summed E-state index contributed by atoms with van der Waals surface area (Å²) < 4.78 is 30.5. The van der Waals surface area contributed by atoms with E-state index in [9.17, 15) is 8.42 Å². The molecule has 106 valence electrons. The predicted molar refractivity (Wildman–Crippen MR) is 82.4 cm³/mol. The number of anilines is 1. The summed E-state index contributed by atoms with van der Waals surface area (Å²) in [5, 5.41) is 0. The highest BCUT2D eigenvalue weighted by Gasteiger charge is 2.16. The highest BCUT2D eigenvalue weighted by atomic mass is 79.9. The van der Waals surface area contributed by atoms with Crippen molar-refractivity contribution >= 4 is 31.5 Å². The van der Waals surface area contributed by atoms with E-state index in [1.54, 1.807) is 42.5 Å². The van der Waals surface area contributed by atoms with Crippen molar-refractivity contribution in [3.8, 4) is 5.75 Å². The van der Waals surface area contributed by atoms with Crippen LogP contribution in [0.5, 0.6) is 5.75 Å². The van der Waals surface area contributed by atoms with E-state index in [4.69, 9.17) is 10.5 Å². The standard InChI is InChI=1S/C14H14BrNO3S/c1-19-14-7-2-10(8-13(14)16)9-20(17,18)12-5-3-11(15)4-6-12/h2-8H,9,16H2,1H3. The molecule has 6 heteroatoms. The van der Waals surface area contributed by atoms with Crippen LogP contribution in [0.4, 0.5) is 5.69 Å². The molecule has 2 aromatic carbocycles. The van der Waals surface area contributed by atoms with E-state index in [2.05, 4.69) is 15.9 Å². The topological polar surface area (TPSA) is 69.4 Å². The van der Waals surface area contributed by atoms with Crippen LogP contribution in [0.1, 0.15) is 5.56 Å². The molecule has 0 heterocycles. The summed E-state index contributed by atoms with van der Waals surface area (Å²) in [5.74, 6) is 0.442. The van der Waals surface area contributed by atoms with Crippen LogP contribution in [0.3, 0.4) is 0 Å². The first-order valence-electron chi connectivity index (χ1n) is 5.83. The molecule has 0 unspecified atom stereocenters. The first-order valence-corrected chi connectivity index (χ1v) is 8.27. The second-order valence-electron chi connectivity index (χ2n) is 4.29. The molecule has 4 nitrogen and oxygen atoms in total. The van der Waals surface area contributed by atoms with Crippen molar-refractivity contribution in [1.29, 1.82) is 0 Å². The number of halogens is 1. The Labute approximate surface area is 126 Å². The second-order valence-corrected chi connectivity index (χ2v) is 7.19. The van der Waals surface area contributed by atoms with Crippen LogP contribution in [0.15, 0.2) is 51.8 Å². The summed E-state index contributed by atoms with van der Waals surface area (Å²) in [6, 6.07) is 11.5. The number of ether oxygens (including phenoxy) is 1. The van der Waals surface area contributed by atoms with Gasteiger partial charge >= 0.3 is 0 Å². The molecule has 0 aliphatic heterocycles. The fraction of sp³-hybridized carbons (Fsp3) is 0.143. The molecule has 0 bridgehead atoms. The number of nitrogens with two attached hydrogens (primary N) is 1. The predicted octanol–water partition coefficient (Wildman–Crippen LogP) is 3.01. The van der Waals surface area contributed by atoms with Gasteiger partial charge in [0.1, 0.15) is 5.75 Å². The lowest BCUT2D eigenvalue weighted by molar-refractivity contribution is 0.417. The van der Waals surface area contributed by atoms with Gasteiger partial charge in [-0.25, -0.2) is 8.42 Å². The van der Waals surface area contributed by atoms with Crippen LogP contribution < -0.4 is 10.5 Å². The second kappa shape index (κ2) is 5.85. The normalized spacial score (nSPS) is 11.3. The lowest BCUT2D eigenvalue weighted by Crippen LogP contribution is -2.05. The number of hydrogen-bond donors (Lipinski definition) is 1. The Morgan fingerprint density at radius 3 is 2.35 bits per heavy atom. The monoisotopic (exact) mass is 355 g/mol. The first kappa shape index (κ1) is 14.9. The van der Waals surface area contributed by atoms with Gasteiger partial charge in [0.05, 0.1) is 23.4 Å². The molecule has 2 rings (SSSR count). The van der Waals surface area contributed by atoms with Crippen LogP contribution in [0.2, 0.25) is 0 Å². The molecule has 0 spiro atoms. The molecule has 0 aliphatic rings. The van der Waals surface area contributed by atoms with Gasteiger partial charge in [0.2, 0.25) is 0 Å². The van der Waals surface area contributed by atoms with Crippen molar-refractivity contribution in [2.75, 3.05) is 12.8 Å². The van der Waals surface area contributed by atoms with Crippen molar-refractivity contribution in [3.63, 3.8) is 0 Å². The minimum absolute atomic E-state index is 0.0944. The van der Waals surface area contributed by atoms with Crippen molar-refractivity contribution in [3.05, 3.63) is 52.5 Å². The van der Waals surface area contributed by atoms with Gasteiger partial charge in [0.25, 0.3) is 0 Å². The molecule has 2 aromatic rings. The lowest BCUT2D eigenvalue weighted by Gasteiger charge is -2.08. The first-order chi connectivity index (χ1) is 9.42. The molecular weight excluding hydrogens is 342 g/mol. The van der Waals surface area contributed by atoms with Gasteiger partial charge in [-0.2, -0.15) is 0 Å². The van der Waals surface area contributed by atoms with Gasteiger partial charge in [-0.1, -0.05) is 22.0 Å². The Hall–Kier alpha value is -1.53. The number of benzene rings is 2. The average molecular weight is 356 g/mol. The van der Waals surface area contributed by atoms with E-state index in [1.807, 2.05) is 0 Å². The zero-order chi connectivity index (χ0) is 14.8. The fourth-order valence-corrected chi connectivity index (χ4v) is 3.42. The Bertz CT molecular complexity index is 712. The highest BCUT2D eigenvalue weighted by molar-refractivity contribution is 9.10. The maximum absolute atomic E-state index is 12.3. The number of nitrogen functional groups attached to an aromatic ring is 1. The molecule has 0 radical (unpaired) electrons. The lowest BCUT2D eigenvalue weighted by atomic mass is 10.2. The minimum Gasteiger partial charge on any atom is -0.495 e. The molecule has 2 N–H and O–H groups in total. The third-order valence-corrected chi connectivity index (χ3v) is 5.06. The molecule has 0 saturated carbocycles. The minimum atomic E-state index is -3.38. The van der Waals surface area contributed by atoms with E-state index in [0.717, 1.165) is 4.47 Å². The van der Waals surface area contributed by atoms with Crippen LogP contribution in [-0.2, 0) is 15.6 Å². The Balaban J connectivity index is 2.28. The van der Waals surface area contributed by atoms with Crippen LogP contribution in [0.25, 0.3) is 0 Å². The number of sulfone groups is 1. The number of methoxy groups -OCH3 is 1. The van der Waals surface area contributed by atoms with Gasteiger partial charge in [-0.05, 0) is 42.0 Å². The SMILES string of the molecule is COc1ccc(CS(=O)(=O)c2ccc(Br)cc2)cc1N. The Morgan fingerprint density at radius 2 is 1.80 bits per heavy atom. The smallest absolute Gasteiger partial charge is 0.182 e. The fourth-order valence-electron chi connectivity index (χ4n) is 1.82. The van der Waals surface area contributed by atoms with Gasteiger partial charge in [0.15, 0.2) is 9.84 Å². The van der Waals surface area contributed by atoms with E-state index in [-0.39, 0.29) is 10.6 Å². The van der Waals surface area contributed by atoms with Crippen LogP contribution in [0, 0.1) is 0 Å². The quantitative estimate of drug-likeness (QED) is 0.855. The van der Waals surface area contributed by atoms with Gasteiger partial charge < -0.3 is 10.5 Å². The van der Waals surface area contributed by atoms with E-state index in [1.165, 1.54) is 7.11 Å². The molecule has 0 atom stereocenters. The maximum Gasteiger partial charge on any atom is 0.182 e. The summed E-state index contributed by atoms with van der Waals surface area (Å²) in [6.45, 7) is 0. The van der Waals surface area contributed by atoms with Gasteiger partial charge in [-0.3, -0.25) is 0 Å². The zero-order valence-electron chi connectivity index (χ0n) is 10.8. The summed E-state index contributed by atoms with van der Waals surface area (Å²) in [4.78, 5) is 0.287. The third kappa shape index (κ3) is 3.32. The number of hydrogen-bond acceptors (Lipinski definition) is 4. The van der Waals surface area contributed by atoms with Crippen molar-refractivity contribution in [1.82, 2.24) is 0 Å². The third-order valence-electron chi connectivity index (χ3n) is 2.82. The van der Waals surface area contributed by atoms with E-state index < -0.39 is 9.84 Å². The Morgan fingerprint density at radius 1 is 1.15 bits per heavy atom. The molecular formula is C14H14BrNO3S. The summed E-state index contributed by atoms with van der Waals surface area (Å²) >= 11 is 3.28. The Kier molecular flexibility index (Phi) is 4.35.